The monoisotopic (exact) mass is 316 g/mol. The summed E-state index contributed by atoms with van der Waals surface area (Å²) in [4.78, 5) is 23.2. The second-order valence-corrected chi connectivity index (χ2v) is 5.86. The van der Waals surface area contributed by atoms with Crippen molar-refractivity contribution in [2.75, 3.05) is 13.2 Å². The van der Waals surface area contributed by atoms with Crippen LogP contribution in [0.2, 0.25) is 0 Å². The van der Waals surface area contributed by atoms with Gasteiger partial charge < -0.3 is 15.8 Å². The Morgan fingerprint density at radius 1 is 1.30 bits per heavy atom. The van der Waals surface area contributed by atoms with E-state index < -0.39 is 5.91 Å². The van der Waals surface area contributed by atoms with E-state index in [2.05, 4.69) is 11.4 Å². The first-order chi connectivity index (χ1) is 11.1. The average Bonchev–Trinajstić information content (AvgIpc) is 2.53. The van der Waals surface area contributed by atoms with E-state index in [9.17, 15) is 9.59 Å². The van der Waals surface area contributed by atoms with Gasteiger partial charge in [-0.1, -0.05) is 17.7 Å². The van der Waals surface area contributed by atoms with Crippen LogP contribution in [-0.4, -0.2) is 25.0 Å². The van der Waals surface area contributed by atoms with Crippen molar-refractivity contribution in [3.8, 4) is 5.75 Å². The third kappa shape index (κ3) is 5.43. The van der Waals surface area contributed by atoms with Crippen LogP contribution in [0.25, 0.3) is 0 Å². The number of ether oxygens (including phenoxy) is 1. The molecule has 23 heavy (non-hydrogen) atoms. The number of nitrogens with two attached hydrogens (primary N) is 1. The maximum absolute atomic E-state index is 11.9. The van der Waals surface area contributed by atoms with Gasteiger partial charge in [-0.15, -0.1) is 0 Å². The number of primary amides is 1. The summed E-state index contributed by atoms with van der Waals surface area (Å²) in [6.45, 7) is 2.38. The summed E-state index contributed by atoms with van der Waals surface area (Å²) >= 11 is 0. The first kappa shape index (κ1) is 17.1. The van der Waals surface area contributed by atoms with Crippen LogP contribution in [0.5, 0.6) is 5.75 Å². The summed E-state index contributed by atoms with van der Waals surface area (Å²) in [5.74, 6) is -0.411. The van der Waals surface area contributed by atoms with E-state index >= 15 is 0 Å². The first-order valence-corrected chi connectivity index (χ1v) is 8.04. The molecule has 5 heteroatoms. The first-order valence-electron chi connectivity index (χ1n) is 8.04. The molecular formula is C18H24N2O3. The van der Waals surface area contributed by atoms with E-state index in [0.717, 1.165) is 24.8 Å². The quantitative estimate of drug-likeness (QED) is 0.758. The van der Waals surface area contributed by atoms with Crippen LogP contribution in [0.3, 0.4) is 0 Å². The molecule has 0 heterocycles. The summed E-state index contributed by atoms with van der Waals surface area (Å²) in [6, 6.07) is 5.10. The van der Waals surface area contributed by atoms with Gasteiger partial charge >= 0.3 is 0 Å². The van der Waals surface area contributed by atoms with Crippen LogP contribution in [0.1, 0.15) is 48.0 Å². The predicted octanol–water partition coefficient (Wildman–Crippen LogP) is 2.48. The van der Waals surface area contributed by atoms with Crippen molar-refractivity contribution in [2.45, 2.75) is 39.0 Å². The highest BCUT2D eigenvalue weighted by Crippen LogP contribution is 2.20. The molecule has 0 aliphatic heterocycles. The third-order valence-electron chi connectivity index (χ3n) is 3.91. The van der Waals surface area contributed by atoms with Crippen LogP contribution in [0.15, 0.2) is 29.8 Å². The molecular weight excluding hydrogens is 292 g/mol. The highest BCUT2D eigenvalue weighted by molar-refractivity contribution is 5.95. The Hall–Kier alpha value is -2.30. The molecule has 1 aromatic rings. The highest BCUT2D eigenvalue weighted by atomic mass is 16.5. The van der Waals surface area contributed by atoms with Gasteiger partial charge in [0.05, 0.1) is 5.56 Å². The molecule has 0 saturated heterocycles. The fourth-order valence-corrected chi connectivity index (χ4v) is 2.64. The maximum atomic E-state index is 11.9. The number of allylic oxidation sites excluding steroid dienone is 1. The fourth-order valence-electron chi connectivity index (χ4n) is 2.64. The van der Waals surface area contributed by atoms with Crippen molar-refractivity contribution in [1.29, 1.82) is 0 Å². The molecule has 2 rings (SSSR count). The number of carbonyl (C=O) groups is 2. The van der Waals surface area contributed by atoms with Crippen molar-refractivity contribution in [1.82, 2.24) is 5.32 Å². The Labute approximate surface area is 136 Å². The molecule has 0 radical (unpaired) electrons. The molecule has 5 nitrogen and oxygen atoms in total. The molecule has 0 saturated carbocycles. The number of aryl methyl sites for hydroxylation is 1. The SMILES string of the molecule is Cc1ccc(C(N)=O)c(OCC(=O)NCCC2=CCCCC2)c1. The van der Waals surface area contributed by atoms with E-state index in [-0.39, 0.29) is 18.1 Å². The van der Waals surface area contributed by atoms with Crippen molar-refractivity contribution >= 4 is 11.8 Å². The normalized spacial score (nSPS) is 14.0. The zero-order valence-electron chi connectivity index (χ0n) is 13.6. The summed E-state index contributed by atoms with van der Waals surface area (Å²) < 4.78 is 5.46. The number of hydrogen-bond donors (Lipinski definition) is 2. The smallest absolute Gasteiger partial charge is 0.257 e. The number of amides is 2. The minimum Gasteiger partial charge on any atom is -0.483 e. The van der Waals surface area contributed by atoms with E-state index in [1.807, 2.05) is 6.92 Å². The Kier molecular flexibility index (Phi) is 6.20. The maximum Gasteiger partial charge on any atom is 0.257 e. The molecule has 0 fully saturated rings. The lowest BCUT2D eigenvalue weighted by atomic mass is 9.97. The van der Waals surface area contributed by atoms with Crippen molar-refractivity contribution < 1.29 is 14.3 Å². The van der Waals surface area contributed by atoms with E-state index in [4.69, 9.17) is 10.5 Å². The van der Waals surface area contributed by atoms with E-state index in [1.54, 1.807) is 18.2 Å². The number of hydrogen-bond acceptors (Lipinski definition) is 3. The molecule has 0 atom stereocenters. The number of carbonyl (C=O) groups excluding carboxylic acids is 2. The van der Waals surface area contributed by atoms with Gasteiger partial charge in [-0.2, -0.15) is 0 Å². The van der Waals surface area contributed by atoms with Gasteiger partial charge in [-0.05, 0) is 56.7 Å². The molecule has 1 aromatic carbocycles. The average molecular weight is 316 g/mol. The Balaban J connectivity index is 1.79. The molecule has 0 spiro atoms. The van der Waals surface area contributed by atoms with Crippen molar-refractivity contribution in [2.24, 2.45) is 5.73 Å². The Bertz CT molecular complexity index is 608. The lowest BCUT2D eigenvalue weighted by molar-refractivity contribution is -0.123. The standard InChI is InChI=1S/C18H24N2O3/c1-13-7-8-15(18(19)22)16(11-13)23-12-17(21)20-10-9-14-5-3-2-4-6-14/h5,7-8,11H,2-4,6,9-10,12H2,1H3,(H2,19,22)(H,20,21). The van der Waals surface area contributed by atoms with Gasteiger partial charge in [-0.25, -0.2) is 0 Å². The van der Waals surface area contributed by atoms with Crippen LogP contribution >= 0.6 is 0 Å². The van der Waals surface area contributed by atoms with Gasteiger partial charge in [0.1, 0.15) is 5.75 Å². The Morgan fingerprint density at radius 3 is 2.83 bits per heavy atom. The Morgan fingerprint density at radius 2 is 2.13 bits per heavy atom. The number of rotatable bonds is 7. The molecule has 1 aliphatic carbocycles. The number of benzene rings is 1. The van der Waals surface area contributed by atoms with Crippen molar-refractivity contribution in [3.05, 3.63) is 41.0 Å². The van der Waals surface area contributed by atoms with E-state index in [0.29, 0.717) is 12.3 Å². The summed E-state index contributed by atoms with van der Waals surface area (Å²) in [5.41, 5.74) is 7.96. The summed E-state index contributed by atoms with van der Waals surface area (Å²) in [6.07, 6.45) is 7.96. The third-order valence-corrected chi connectivity index (χ3v) is 3.91. The molecule has 0 aromatic heterocycles. The molecule has 0 unspecified atom stereocenters. The molecule has 1 aliphatic rings. The fraction of sp³-hybridized carbons (Fsp3) is 0.444. The lowest BCUT2D eigenvalue weighted by Gasteiger charge is -2.13. The van der Waals surface area contributed by atoms with Crippen LogP contribution in [0, 0.1) is 6.92 Å². The minimum atomic E-state index is -0.565. The number of nitrogens with one attached hydrogen (secondary N) is 1. The van der Waals surface area contributed by atoms with Gasteiger partial charge in [0.25, 0.3) is 11.8 Å². The van der Waals surface area contributed by atoms with E-state index in [1.165, 1.54) is 18.4 Å². The zero-order valence-corrected chi connectivity index (χ0v) is 13.6. The van der Waals surface area contributed by atoms with Crippen LogP contribution < -0.4 is 15.8 Å². The highest BCUT2D eigenvalue weighted by Gasteiger charge is 2.11. The largest absolute Gasteiger partial charge is 0.483 e. The van der Waals surface area contributed by atoms with Crippen LogP contribution in [0.4, 0.5) is 0 Å². The predicted molar refractivity (Wildman–Crippen MR) is 89.4 cm³/mol. The zero-order chi connectivity index (χ0) is 16.7. The summed E-state index contributed by atoms with van der Waals surface area (Å²) in [7, 11) is 0. The second-order valence-electron chi connectivity index (χ2n) is 5.86. The minimum absolute atomic E-state index is 0.122. The van der Waals surface area contributed by atoms with Crippen LogP contribution in [-0.2, 0) is 4.79 Å². The molecule has 3 N–H and O–H groups in total. The second kappa shape index (κ2) is 8.36. The van der Waals surface area contributed by atoms with Gasteiger partial charge in [0.15, 0.2) is 6.61 Å². The summed E-state index contributed by atoms with van der Waals surface area (Å²) in [5, 5.41) is 2.84. The van der Waals surface area contributed by atoms with Crippen molar-refractivity contribution in [3.63, 3.8) is 0 Å². The molecule has 0 bridgehead atoms. The lowest BCUT2D eigenvalue weighted by Crippen LogP contribution is -2.30. The topological polar surface area (TPSA) is 81.4 Å². The van der Waals surface area contributed by atoms with Gasteiger partial charge in [-0.3, -0.25) is 9.59 Å². The van der Waals surface area contributed by atoms with Gasteiger partial charge in [0.2, 0.25) is 0 Å². The molecule has 124 valence electrons. The van der Waals surface area contributed by atoms with Gasteiger partial charge in [0, 0.05) is 6.54 Å². The molecule has 2 amide bonds.